The van der Waals surface area contributed by atoms with Crippen molar-refractivity contribution >= 4 is 17.7 Å². The van der Waals surface area contributed by atoms with Crippen molar-refractivity contribution in [2.45, 2.75) is 0 Å². The Morgan fingerprint density at radius 2 is 2.10 bits per heavy atom. The maximum absolute atomic E-state index is 11.4. The number of carboxylic acids is 1. The zero-order valence-corrected chi connectivity index (χ0v) is 11.0. The van der Waals surface area contributed by atoms with E-state index in [4.69, 9.17) is 9.84 Å². The summed E-state index contributed by atoms with van der Waals surface area (Å²) < 4.78 is 4.79. The highest BCUT2D eigenvalue weighted by Crippen LogP contribution is 2.22. The van der Waals surface area contributed by atoms with Gasteiger partial charge in [-0.15, -0.1) is 0 Å². The number of ether oxygens (including phenoxy) is 1. The average molecular weight is 287 g/mol. The van der Waals surface area contributed by atoms with Crippen molar-refractivity contribution in [3.05, 3.63) is 48.7 Å². The second-order valence-corrected chi connectivity index (χ2v) is 4.05. The number of aromatic carboxylic acids is 1. The summed E-state index contributed by atoms with van der Waals surface area (Å²) in [6, 6.07) is 6.61. The largest absolute Gasteiger partial charge is 0.478 e. The molecule has 1 aromatic carbocycles. The number of amides is 1. The fraction of sp³-hybridized carbons (Fsp3) is 0.0714. The highest BCUT2D eigenvalue weighted by atomic mass is 16.5. The number of carbonyl (C=O) groups excluding carboxylic acids is 1. The van der Waals surface area contributed by atoms with E-state index in [-0.39, 0.29) is 12.2 Å². The number of nitrogens with zero attached hydrogens (tertiary/aromatic N) is 1. The van der Waals surface area contributed by atoms with Gasteiger partial charge in [0.1, 0.15) is 12.2 Å². The molecule has 0 radical (unpaired) electrons. The highest BCUT2D eigenvalue weighted by molar-refractivity contribution is 5.94. The molecule has 0 saturated carbocycles. The number of anilines is 1. The Bertz CT molecular complexity index is 661. The van der Waals surface area contributed by atoms with Crippen LogP contribution in [0.3, 0.4) is 0 Å². The molecule has 2 aromatic rings. The molecule has 0 atom stereocenters. The molecule has 2 rings (SSSR count). The molecule has 21 heavy (non-hydrogen) atoms. The molecule has 0 unspecified atom stereocenters. The number of H-pyrrole nitrogens is 1. The van der Waals surface area contributed by atoms with E-state index >= 15 is 0 Å². The number of aromatic nitrogens is 2. The number of carboxylic acid groups (broad SMARTS) is 1. The maximum Gasteiger partial charge on any atom is 0.411 e. The van der Waals surface area contributed by atoms with Crippen molar-refractivity contribution in [3.63, 3.8) is 0 Å². The average Bonchev–Trinajstić information content (AvgIpc) is 2.95. The van der Waals surface area contributed by atoms with E-state index < -0.39 is 12.1 Å². The Morgan fingerprint density at radius 3 is 2.71 bits per heavy atom. The first-order valence-electron chi connectivity index (χ1n) is 6.03. The van der Waals surface area contributed by atoms with E-state index in [1.807, 2.05) is 0 Å². The van der Waals surface area contributed by atoms with Crippen LogP contribution in [0.25, 0.3) is 11.3 Å². The molecule has 0 bridgehead atoms. The van der Waals surface area contributed by atoms with E-state index in [2.05, 4.69) is 22.1 Å². The van der Waals surface area contributed by atoms with Crippen molar-refractivity contribution in [2.75, 3.05) is 11.9 Å². The minimum Gasteiger partial charge on any atom is -0.478 e. The molecule has 0 aliphatic rings. The Balaban J connectivity index is 2.12. The molecule has 0 saturated heterocycles. The van der Waals surface area contributed by atoms with Crippen LogP contribution in [0.1, 0.15) is 10.4 Å². The van der Waals surface area contributed by atoms with Crippen LogP contribution < -0.4 is 5.32 Å². The predicted molar refractivity (Wildman–Crippen MR) is 76.2 cm³/mol. The van der Waals surface area contributed by atoms with Crippen molar-refractivity contribution in [3.8, 4) is 11.3 Å². The molecule has 0 fully saturated rings. The standard InChI is InChI=1S/C14H13N3O4/c1-2-7-21-14(20)16-10-5-3-9(4-6-10)12-11(13(18)19)8-15-17-12/h2-6,8H,1,7H2,(H,15,17)(H,16,20)(H,18,19). The minimum absolute atomic E-state index is 0.0844. The smallest absolute Gasteiger partial charge is 0.411 e. The number of nitrogens with one attached hydrogen (secondary N) is 2. The Morgan fingerprint density at radius 1 is 1.38 bits per heavy atom. The summed E-state index contributed by atoms with van der Waals surface area (Å²) in [5, 5.41) is 17.9. The number of hydrogen-bond acceptors (Lipinski definition) is 4. The molecule has 0 aliphatic carbocycles. The zero-order chi connectivity index (χ0) is 15.2. The summed E-state index contributed by atoms with van der Waals surface area (Å²) >= 11 is 0. The van der Waals surface area contributed by atoms with E-state index in [1.54, 1.807) is 24.3 Å². The van der Waals surface area contributed by atoms with E-state index in [1.165, 1.54) is 12.3 Å². The molecule has 3 N–H and O–H groups in total. The summed E-state index contributed by atoms with van der Waals surface area (Å²) in [5.41, 5.74) is 1.67. The molecule has 0 aliphatic heterocycles. The van der Waals surface area contributed by atoms with Gasteiger partial charge < -0.3 is 9.84 Å². The quantitative estimate of drug-likeness (QED) is 0.733. The van der Waals surface area contributed by atoms with Gasteiger partial charge in [-0.2, -0.15) is 5.10 Å². The zero-order valence-electron chi connectivity index (χ0n) is 11.0. The first-order chi connectivity index (χ1) is 10.1. The van der Waals surface area contributed by atoms with Gasteiger partial charge in [0.25, 0.3) is 0 Å². The van der Waals surface area contributed by atoms with Gasteiger partial charge in [-0.3, -0.25) is 10.4 Å². The molecule has 108 valence electrons. The summed E-state index contributed by atoms with van der Waals surface area (Å²) in [6.45, 7) is 3.56. The van der Waals surface area contributed by atoms with Gasteiger partial charge >= 0.3 is 12.1 Å². The van der Waals surface area contributed by atoms with E-state index in [0.717, 1.165) is 0 Å². The number of rotatable bonds is 5. The third-order valence-corrected chi connectivity index (χ3v) is 2.62. The Kier molecular flexibility index (Phi) is 4.35. The van der Waals surface area contributed by atoms with Crippen LogP contribution >= 0.6 is 0 Å². The Hall–Kier alpha value is -3.09. The van der Waals surface area contributed by atoms with Gasteiger partial charge in [0.2, 0.25) is 0 Å². The predicted octanol–water partition coefficient (Wildman–Crippen LogP) is 2.51. The van der Waals surface area contributed by atoms with Crippen molar-refractivity contribution in [1.82, 2.24) is 10.2 Å². The summed E-state index contributed by atoms with van der Waals surface area (Å²) in [4.78, 5) is 22.4. The second-order valence-electron chi connectivity index (χ2n) is 4.05. The van der Waals surface area contributed by atoms with Crippen LogP contribution in [-0.4, -0.2) is 34.0 Å². The lowest BCUT2D eigenvalue weighted by Gasteiger charge is -2.06. The van der Waals surface area contributed by atoms with Crippen LogP contribution in [0.4, 0.5) is 10.5 Å². The van der Waals surface area contributed by atoms with Crippen LogP contribution in [0.2, 0.25) is 0 Å². The van der Waals surface area contributed by atoms with Crippen molar-refractivity contribution in [1.29, 1.82) is 0 Å². The molecule has 7 nitrogen and oxygen atoms in total. The molecule has 1 amide bonds. The lowest BCUT2D eigenvalue weighted by molar-refractivity contribution is 0.0697. The fourth-order valence-electron chi connectivity index (χ4n) is 1.68. The van der Waals surface area contributed by atoms with E-state index in [0.29, 0.717) is 16.9 Å². The van der Waals surface area contributed by atoms with E-state index in [9.17, 15) is 9.59 Å². The third kappa shape index (κ3) is 3.47. The number of hydrogen-bond donors (Lipinski definition) is 3. The van der Waals surface area contributed by atoms with Gasteiger partial charge in [0, 0.05) is 11.3 Å². The van der Waals surface area contributed by atoms with Gasteiger partial charge in [-0.05, 0) is 12.1 Å². The molecular weight excluding hydrogens is 274 g/mol. The second kappa shape index (κ2) is 6.38. The number of benzene rings is 1. The Labute approximate surface area is 120 Å². The van der Waals surface area contributed by atoms with Gasteiger partial charge in [0.15, 0.2) is 0 Å². The monoisotopic (exact) mass is 287 g/mol. The highest BCUT2D eigenvalue weighted by Gasteiger charge is 2.13. The normalized spacial score (nSPS) is 9.90. The molecule has 7 heteroatoms. The maximum atomic E-state index is 11.4. The lowest BCUT2D eigenvalue weighted by atomic mass is 10.1. The molecule has 1 heterocycles. The molecule has 1 aromatic heterocycles. The fourth-order valence-corrected chi connectivity index (χ4v) is 1.68. The topological polar surface area (TPSA) is 104 Å². The first-order valence-corrected chi connectivity index (χ1v) is 6.03. The summed E-state index contributed by atoms with van der Waals surface area (Å²) in [6.07, 6.45) is 2.13. The van der Waals surface area contributed by atoms with Gasteiger partial charge in [0.05, 0.1) is 11.9 Å². The van der Waals surface area contributed by atoms with Gasteiger partial charge in [-0.1, -0.05) is 24.8 Å². The molecule has 0 spiro atoms. The van der Waals surface area contributed by atoms with Crippen LogP contribution in [0, 0.1) is 0 Å². The summed E-state index contributed by atoms with van der Waals surface area (Å²) in [7, 11) is 0. The molecular formula is C14H13N3O4. The lowest BCUT2D eigenvalue weighted by Crippen LogP contribution is -2.13. The number of aromatic amines is 1. The van der Waals surface area contributed by atoms with Crippen molar-refractivity contribution < 1.29 is 19.4 Å². The third-order valence-electron chi connectivity index (χ3n) is 2.62. The minimum atomic E-state index is -1.06. The SMILES string of the molecule is C=CCOC(=O)Nc1ccc(-c2[nH]ncc2C(=O)O)cc1. The van der Waals surface area contributed by atoms with Crippen molar-refractivity contribution in [2.24, 2.45) is 0 Å². The van der Waals surface area contributed by atoms with Crippen LogP contribution in [-0.2, 0) is 4.74 Å². The summed E-state index contributed by atoms with van der Waals surface area (Å²) in [5.74, 6) is -1.06. The van der Waals surface area contributed by atoms with Crippen LogP contribution in [0.5, 0.6) is 0 Å². The van der Waals surface area contributed by atoms with Gasteiger partial charge in [-0.25, -0.2) is 9.59 Å². The first kappa shape index (κ1) is 14.3. The van der Waals surface area contributed by atoms with Crippen LogP contribution in [0.15, 0.2) is 43.1 Å². The number of carbonyl (C=O) groups is 2.